The molecule has 17 heavy (non-hydrogen) atoms. The van der Waals surface area contributed by atoms with Gasteiger partial charge in [-0.15, -0.1) is 0 Å². The number of anilines is 1. The molecular weight excluding hydrogens is 230 g/mol. The Labute approximate surface area is 108 Å². The Morgan fingerprint density at radius 3 is 2.94 bits per heavy atom. The standard InChI is InChI=1S/C13H21N3S/c1-9-8-14-10(2)13(15-9)16-11-5-4-6-12(7-11)17-3/h8,11-12H,4-7H2,1-3H3,(H,15,16). The number of rotatable bonds is 3. The van der Waals surface area contributed by atoms with E-state index in [4.69, 9.17) is 0 Å². The monoisotopic (exact) mass is 251 g/mol. The van der Waals surface area contributed by atoms with E-state index in [1.54, 1.807) is 0 Å². The maximum atomic E-state index is 4.54. The fraction of sp³-hybridized carbons (Fsp3) is 0.692. The van der Waals surface area contributed by atoms with Crippen molar-refractivity contribution < 1.29 is 0 Å². The van der Waals surface area contributed by atoms with E-state index in [1.807, 2.05) is 31.8 Å². The summed E-state index contributed by atoms with van der Waals surface area (Å²) in [6.45, 7) is 4.01. The Hall–Kier alpha value is -0.770. The molecule has 0 aromatic carbocycles. The molecule has 1 N–H and O–H groups in total. The molecule has 2 atom stereocenters. The summed E-state index contributed by atoms with van der Waals surface area (Å²) in [7, 11) is 0. The second kappa shape index (κ2) is 5.71. The minimum absolute atomic E-state index is 0.566. The van der Waals surface area contributed by atoms with Crippen molar-refractivity contribution in [3.8, 4) is 0 Å². The SMILES string of the molecule is CSC1CCCC(Nc2nc(C)cnc2C)C1. The average molecular weight is 251 g/mol. The first-order chi connectivity index (χ1) is 8.19. The topological polar surface area (TPSA) is 37.8 Å². The van der Waals surface area contributed by atoms with Crippen molar-refractivity contribution in [1.29, 1.82) is 0 Å². The van der Waals surface area contributed by atoms with E-state index >= 15 is 0 Å². The lowest BCUT2D eigenvalue weighted by molar-refractivity contribution is 0.472. The summed E-state index contributed by atoms with van der Waals surface area (Å²) in [5.41, 5.74) is 1.98. The number of thioether (sulfide) groups is 1. The molecule has 4 heteroatoms. The highest BCUT2D eigenvalue weighted by Gasteiger charge is 2.21. The summed E-state index contributed by atoms with van der Waals surface area (Å²) in [6, 6.07) is 0.566. The van der Waals surface area contributed by atoms with E-state index in [0.29, 0.717) is 6.04 Å². The normalized spacial score (nSPS) is 24.6. The number of aromatic nitrogens is 2. The molecule has 1 aliphatic rings. The van der Waals surface area contributed by atoms with Crippen molar-refractivity contribution in [2.45, 2.75) is 50.8 Å². The molecule has 0 amide bonds. The minimum Gasteiger partial charge on any atom is -0.366 e. The van der Waals surface area contributed by atoms with Gasteiger partial charge in [0.1, 0.15) is 5.82 Å². The molecule has 0 aliphatic heterocycles. The van der Waals surface area contributed by atoms with Crippen LogP contribution in [0.3, 0.4) is 0 Å². The molecule has 1 heterocycles. The summed E-state index contributed by atoms with van der Waals surface area (Å²) < 4.78 is 0. The van der Waals surface area contributed by atoms with Crippen LogP contribution in [-0.2, 0) is 0 Å². The molecule has 94 valence electrons. The highest BCUT2D eigenvalue weighted by Crippen LogP contribution is 2.28. The second-order valence-corrected chi connectivity index (χ2v) is 5.95. The molecule has 0 bridgehead atoms. The van der Waals surface area contributed by atoms with E-state index in [2.05, 4.69) is 21.5 Å². The van der Waals surface area contributed by atoms with Crippen LogP contribution in [0.25, 0.3) is 0 Å². The summed E-state index contributed by atoms with van der Waals surface area (Å²) in [5, 5.41) is 4.37. The molecule has 1 aromatic rings. The van der Waals surface area contributed by atoms with Gasteiger partial charge < -0.3 is 5.32 Å². The van der Waals surface area contributed by atoms with Gasteiger partial charge in [-0.25, -0.2) is 4.98 Å². The van der Waals surface area contributed by atoms with E-state index in [9.17, 15) is 0 Å². The molecule has 0 radical (unpaired) electrons. The van der Waals surface area contributed by atoms with Gasteiger partial charge in [0, 0.05) is 17.5 Å². The van der Waals surface area contributed by atoms with E-state index in [1.165, 1.54) is 25.7 Å². The van der Waals surface area contributed by atoms with Crippen LogP contribution in [0.4, 0.5) is 5.82 Å². The fourth-order valence-corrected chi connectivity index (χ4v) is 3.18. The Kier molecular flexibility index (Phi) is 4.26. The van der Waals surface area contributed by atoms with Crippen LogP contribution in [0, 0.1) is 13.8 Å². The van der Waals surface area contributed by atoms with Gasteiger partial charge in [-0.05, 0) is 39.4 Å². The van der Waals surface area contributed by atoms with Crippen molar-refractivity contribution in [3.63, 3.8) is 0 Å². The van der Waals surface area contributed by atoms with Gasteiger partial charge >= 0.3 is 0 Å². The fourth-order valence-electron chi connectivity index (χ4n) is 2.36. The summed E-state index contributed by atoms with van der Waals surface area (Å²) in [5.74, 6) is 0.969. The number of nitrogens with one attached hydrogen (secondary N) is 1. The van der Waals surface area contributed by atoms with Crippen molar-refractivity contribution in [3.05, 3.63) is 17.6 Å². The van der Waals surface area contributed by atoms with Crippen molar-refractivity contribution in [2.75, 3.05) is 11.6 Å². The zero-order valence-corrected chi connectivity index (χ0v) is 11.7. The summed E-state index contributed by atoms with van der Waals surface area (Å²) >= 11 is 1.99. The third-order valence-electron chi connectivity index (χ3n) is 3.38. The largest absolute Gasteiger partial charge is 0.366 e. The predicted octanol–water partition coefficient (Wildman–Crippen LogP) is 3.18. The van der Waals surface area contributed by atoms with E-state index in [0.717, 1.165) is 22.5 Å². The molecule has 2 unspecified atom stereocenters. The Bertz CT molecular complexity index is 381. The Morgan fingerprint density at radius 2 is 2.18 bits per heavy atom. The molecule has 1 fully saturated rings. The molecule has 0 saturated heterocycles. The highest BCUT2D eigenvalue weighted by atomic mass is 32.2. The average Bonchev–Trinajstić information content (AvgIpc) is 2.34. The van der Waals surface area contributed by atoms with E-state index < -0.39 is 0 Å². The molecule has 3 nitrogen and oxygen atoms in total. The zero-order chi connectivity index (χ0) is 12.3. The maximum absolute atomic E-state index is 4.54. The predicted molar refractivity (Wildman–Crippen MR) is 74.7 cm³/mol. The zero-order valence-electron chi connectivity index (χ0n) is 10.9. The lowest BCUT2D eigenvalue weighted by atomic mass is 9.95. The smallest absolute Gasteiger partial charge is 0.147 e. The quantitative estimate of drug-likeness (QED) is 0.895. The van der Waals surface area contributed by atoms with Crippen molar-refractivity contribution in [2.24, 2.45) is 0 Å². The summed E-state index contributed by atoms with van der Waals surface area (Å²) in [4.78, 5) is 8.89. The van der Waals surface area contributed by atoms with Gasteiger partial charge in [0.25, 0.3) is 0 Å². The molecule has 1 aromatic heterocycles. The lowest BCUT2D eigenvalue weighted by Crippen LogP contribution is -2.29. The van der Waals surface area contributed by atoms with Crippen LogP contribution in [0.15, 0.2) is 6.20 Å². The first-order valence-electron chi connectivity index (χ1n) is 6.28. The Balaban J connectivity index is 2.02. The van der Waals surface area contributed by atoms with Crippen LogP contribution in [0.2, 0.25) is 0 Å². The van der Waals surface area contributed by atoms with Crippen LogP contribution in [-0.4, -0.2) is 27.5 Å². The van der Waals surface area contributed by atoms with Crippen LogP contribution in [0.1, 0.15) is 37.1 Å². The van der Waals surface area contributed by atoms with Gasteiger partial charge in [0.05, 0.1) is 11.4 Å². The van der Waals surface area contributed by atoms with Gasteiger partial charge in [-0.3, -0.25) is 4.98 Å². The maximum Gasteiger partial charge on any atom is 0.147 e. The van der Waals surface area contributed by atoms with Gasteiger partial charge in [-0.1, -0.05) is 6.42 Å². The lowest BCUT2D eigenvalue weighted by Gasteiger charge is -2.29. The van der Waals surface area contributed by atoms with Crippen molar-refractivity contribution >= 4 is 17.6 Å². The minimum atomic E-state index is 0.566. The second-order valence-electron chi connectivity index (χ2n) is 4.81. The summed E-state index contributed by atoms with van der Waals surface area (Å²) in [6.07, 6.45) is 9.22. The number of hydrogen-bond donors (Lipinski definition) is 1. The molecular formula is C13H21N3S. The molecule has 0 spiro atoms. The molecule has 2 rings (SSSR count). The molecule has 1 saturated carbocycles. The van der Waals surface area contributed by atoms with Crippen molar-refractivity contribution in [1.82, 2.24) is 9.97 Å². The third-order valence-corrected chi connectivity index (χ3v) is 4.47. The Morgan fingerprint density at radius 1 is 1.35 bits per heavy atom. The number of aryl methyl sites for hydroxylation is 2. The highest BCUT2D eigenvalue weighted by molar-refractivity contribution is 7.99. The van der Waals surface area contributed by atoms with E-state index in [-0.39, 0.29) is 0 Å². The first kappa shape index (κ1) is 12.7. The van der Waals surface area contributed by atoms with Gasteiger partial charge in [0.15, 0.2) is 0 Å². The third kappa shape index (κ3) is 3.35. The van der Waals surface area contributed by atoms with Gasteiger partial charge in [-0.2, -0.15) is 11.8 Å². The van der Waals surface area contributed by atoms with Crippen LogP contribution < -0.4 is 5.32 Å². The number of hydrogen-bond acceptors (Lipinski definition) is 4. The first-order valence-corrected chi connectivity index (χ1v) is 7.57. The van der Waals surface area contributed by atoms with Crippen LogP contribution >= 0.6 is 11.8 Å². The molecule has 1 aliphatic carbocycles. The van der Waals surface area contributed by atoms with Crippen LogP contribution in [0.5, 0.6) is 0 Å². The number of nitrogens with zero attached hydrogens (tertiary/aromatic N) is 2. The van der Waals surface area contributed by atoms with Gasteiger partial charge in [0.2, 0.25) is 0 Å².